The number of benzene rings is 4. The number of hydrogen-bond acceptors (Lipinski definition) is 7. The van der Waals surface area contributed by atoms with E-state index in [4.69, 9.17) is 42.1 Å². The summed E-state index contributed by atoms with van der Waals surface area (Å²) < 4.78 is 22.7. The third kappa shape index (κ3) is 5.89. The smallest absolute Gasteiger partial charge is 0.336 e. The molecule has 1 saturated heterocycles. The molecule has 1 heterocycles. The van der Waals surface area contributed by atoms with Gasteiger partial charge in [0.1, 0.15) is 23.7 Å². The Morgan fingerprint density at radius 3 is 2.34 bits per heavy atom. The lowest BCUT2D eigenvalue weighted by molar-refractivity contribution is -0.122. The van der Waals surface area contributed by atoms with Crippen LogP contribution in [-0.2, 0) is 16.2 Å². The van der Waals surface area contributed by atoms with Gasteiger partial charge in [-0.1, -0.05) is 59.6 Å². The molecule has 0 spiro atoms. The highest BCUT2D eigenvalue weighted by molar-refractivity contribution is 6.40. The molecule has 44 heavy (non-hydrogen) atoms. The number of amides is 4. The first-order chi connectivity index (χ1) is 21.2. The van der Waals surface area contributed by atoms with E-state index >= 15 is 0 Å². The topological polar surface area (TPSA) is 103 Å². The number of anilines is 1. The first kappa shape index (κ1) is 30.7. The van der Waals surface area contributed by atoms with Crippen LogP contribution < -0.4 is 29.2 Å². The quantitative estimate of drug-likeness (QED) is 0.154. The van der Waals surface area contributed by atoms with Gasteiger partial charge in [0.15, 0.2) is 11.5 Å². The zero-order valence-electron chi connectivity index (χ0n) is 24.3. The molecule has 11 heteroatoms. The van der Waals surface area contributed by atoms with Gasteiger partial charge in [-0.3, -0.25) is 14.9 Å². The number of ether oxygens (including phenoxy) is 4. The minimum atomic E-state index is -0.958. The molecular weight excluding hydrogens is 607 g/mol. The molecule has 226 valence electrons. The molecule has 0 unspecified atom stereocenters. The fraction of sp³-hybridized carbons (Fsp3) is 0.182. The van der Waals surface area contributed by atoms with Gasteiger partial charge >= 0.3 is 6.03 Å². The molecule has 5 rings (SSSR count). The highest BCUT2D eigenvalue weighted by Gasteiger charge is 2.38. The van der Waals surface area contributed by atoms with Crippen LogP contribution in [0, 0.1) is 6.92 Å². The van der Waals surface area contributed by atoms with Crippen molar-refractivity contribution in [2.75, 3.05) is 25.7 Å². The third-order valence-corrected chi connectivity index (χ3v) is 7.65. The lowest BCUT2D eigenvalue weighted by Crippen LogP contribution is -2.54. The van der Waals surface area contributed by atoms with E-state index in [0.29, 0.717) is 23.7 Å². The number of carbonyl (C=O) groups is 3. The lowest BCUT2D eigenvalue weighted by atomic mass is 10.0. The Morgan fingerprint density at radius 1 is 0.864 bits per heavy atom. The molecule has 1 N–H and O–H groups in total. The maximum Gasteiger partial charge on any atom is 0.336 e. The van der Waals surface area contributed by atoms with E-state index < -0.39 is 17.8 Å². The minimum Gasteiger partial charge on any atom is -0.495 e. The van der Waals surface area contributed by atoms with E-state index in [2.05, 4.69) is 11.4 Å². The Hall–Kier alpha value is -4.73. The molecule has 0 bridgehead atoms. The van der Waals surface area contributed by atoms with Gasteiger partial charge in [-0.25, -0.2) is 9.69 Å². The second-order valence-electron chi connectivity index (χ2n) is 9.75. The standard InChI is InChI=1S/C33H28Cl2N2O7/c1-5-43-29-14-19(13-25(35)30(29)44-17-23-18(2)10-11-20-8-6-7-9-21(20)23)12-22-31(38)36-33(40)37(32(22)39)26-16-27(41-3)24(34)15-28(26)42-4/h6-16H,5,17H2,1-4H3,(H,36,38,40)/b22-12+. The number of hydrogen-bond donors (Lipinski definition) is 1. The zero-order chi connectivity index (χ0) is 31.5. The van der Waals surface area contributed by atoms with Crippen LogP contribution in [0.5, 0.6) is 23.0 Å². The Labute approximate surface area is 263 Å². The molecule has 1 fully saturated rings. The summed E-state index contributed by atoms with van der Waals surface area (Å²) in [5.74, 6) is -0.799. The molecule has 4 aromatic carbocycles. The maximum atomic E-state index is 13.6. The van der Waals surface area contributed by atoms with Gasteiger partial charge in [0.25, 0.3) is 11.8 Å². The van der Waals surface area contributed by atoms with E-state index in [1.165, 1.54) is 32.4 Å². The van der Waals surface area contributed by atoms with Gasteiger partial charge in [0, 0.05) is 17.7 Å². The highest BCUT2D eigenvalue weighted by atomic mass is 35.5. The lowest BCUT2D eigenvalue weighted by Gasteiger charge is -2.28. The summed E-state index contributed by atoms with van der Waals surface area (Å²) in [6.07, 6.45) is 1.32. The van der Waals surface area contributed by atoms with Crippen LogP contribution in [0.25, 0.3) is 16.8 Å². The molecule has 1 aliphatic heterocycles. The van der Waals surface area contributed by atoms with Crippen molar-refractivity contribution in [3.05, 3.63) is 93.0 Å². The van der Waals surface area contributed by atoms with Crippen LogP contribution in [-0.4, -0.2) is 38.7 Å². The molecule has 9 nitrogen and oxygen atoms in total. The summed E-state index contributed by atoms with van der Waals surface area (Å²) >= 11 is 12.9. The third-order valence-electron chi connectivity index (χ3n) is 7.07. The Bertz CT molecular complexity index is 1840. The van der Waals surface area contributed by atoms with Gasteiger partial charge in [-0.05, 0) is 54.0 Å². The molecule has 0 aliphatic carbocycles. The molecular formula is C33H28Cl2N2O7. The molecule has 0 radical (unpaired) electrons. The van der Waals surface area contributed by atoms with E-state index in [1.54, 1.807) is 12.1 Å². The van der Waals surface area contributed by atoms with Crippen molar-refractivity contribution >= 4 is 63.6 Å². The van der Waals surface area contributed by atoms with Crippen molar-refractivity contribution in [3.63, 3.8) is 0 Å². The Kier molecular flexibility index (Phi) is 8.98. The van der Waals surface area contributed by atoms with Crippen molar-refractivity contribution in [2.24, 2.45) is 0 Å². The van der Waals surface area contributed by atoms with Crippen LogP contribution in [0.3, 0.4) is 0 Å². The van der Waals surface area contributed by atoms with Crippen molar-refractivity contribution in [2.45, 2.75) is 20.5 Å². The molecule has 0 aromatic heterocycles. The average molecular weight is 636 g/mol. The van der Waals surface area contributed by atoms with Crippen LogP contribution in [0.15, 0.2) is 66.2 Å². The Balaban J connectivity index is 1.50. The number of barbiturate groups is 1. The first-order valence-electron chi connectivity index (χ1n) is 13.6. The Morgan fingerprint density at radius 2 is 1.61 bits per heavy atom. The van der Waals surface area contributed by atoms with Gasteiger partial charge < -0.3 is 18.9 Å². The predicted molar refractivity (Wildman–Crippen MR) is 169 cm³/mol. The maximum absolute atomic E-state index is 13.6. The van der Waals surface area contributed by atoms with Crippen LogP contribution in [0.4, 0.5) is 10.5 Å². The van der Waals surface area contributed by atoms with Crippen molar-refractivity contribution < 1.29 is 33.3 Å². The number of rotatable bonds is 9. The number of methoxy groups -OCH3 is 2. The summed E-state index contributed by atoms with van der Waals surface area (Å²) in [5, 5.41) is 4.77. The number of aryl methyl sites for hydroxylation is 1. The van der Waals surface area contributed by atoms with Gasteiger partial charge in [0.05, 0.1) is 36.6 Å². The number of imide groups is 2. The number of halogens is 2. The number of carbonyl (C=O) groups excluding carboxylic acids is 3. The number of nitrogens with zero attached hydrogens (tertiary/aromatic N) is 1. The molecule has 0 saturated carbocycles. The van der Waals surface area contributed by atoms with Crippen LogP contribution in [0.1, 0.15) is 23.6 Å². The summed E-state index contributed by atoms with van der Waals surface area (Å²) in [5.41, 5.74) is 2.17. The summed E-state index contributed by atoms with van der Waals surface area (Å²) in [7, 11) is 2.75. The summed E-state index contributed by atoms with van der Waals surface area (Å²) in [6, 6.07) is 17.1. The van der Waals surface area contributed by atoms with E-state index in [0.717, 1.165) is 26.8 Å². The zero-order valence-corrected chi connectivity index (χ0v) is 25.8. The van der Waals surface area contributed by atoms with Crippen LogP contribution >= 0.6 is 23.2 Å². The van der Waals surface area contributed by atoms with Crippen LogP contribution in [0.2, 0.25) is 10.0 Å². The SMILES string of the molecule is CCOc1cc(/C=C2\C(=O)NC(=O)N(c3cc(OC)c(Cl)cc3OC)C2=O)cc(Cl)c1OCc1c(C)ccc2ccccc12. The average Bonchev–Trinajstić information content (AvgIpc) is 3.00. The van der Waals surface area contributed by atoms with E-state index in [-0.39, 0.29) is 39.4 Å². The van der Waals surface area contributed by atoms with E-state index in [9.17, 15) is 14.4 Å². The number of fused-ring (bicyclic) bond motifs is 1. The fourth-order valence-electron chi connectivity index (χ4n) is 4.92. The van der Waals surface area contributed by atoms with Crippen molar-refractivity contribution in [3.8, 4) is 23.0 Å². The molecule has 4 aromatic rings. The number of nitrogens with one attached hydrogen (secondary N) is 1. The predicted octanol–water partition coefficient (Wildman–Crippen LogP) is 7.12. The number of urea groups is 1. The monoisotopic (exact) mass is 634 g/mol. The summed E-state index contributed by atoms with van der Waals surface area (Å²) in [4.78, 5) is 40.1. The second kappa shape index (κ2) is 12.9. The van der Waals surface area contributed by atoms with Gasteiger partial charge in [-0.2, -0.15) is 0 Å². The molecule has 4 amide bonds. The fourth-order valence-corrected chi connectivity index (χ4v) is 5.42. The second-order valence-corrected chi connectivity index (χ2v) is 10.6. The summed E-state index contributed by atoms with van der Waals surface area (Å²) in [6.45, 7) is 4.37. The highest BCUT2D eigenvalue weighted by Crippen LogP contribution is 2.41. The minimum absolute atomic E-state index is 0.0372. The van der Waals surface area contributed by atoms with Crippen molar-refractivity contribution in [1.82, 2.24) is 5.32 Å². The normalized spacial score (nSPS) is 14.2. The van der Waals surface area contributed by atoms with Gasteiger partial charge in [0.2, 0.25) is 0 Å². The van der Waals surface area contributed by atoms with E-state index in [1.807, 2.05) is 44.2 Å². The first-order valence-corrected chi connectivity index (χ1v) is 14.3. The van der Waals surface area contributed by atoms with Crippen molar-refractivity contribution in [1.29, 1.82) is 0 Å². The molecule has 1 aliphatic rings. The van der Waals surface area contributed by atoms with Gasteiger partial charge in [-0.15, -0.1) is 0 Å². The largest absolute Gasteiger partial charge is 0.495 e. The molecule has 0 atom stereocenters.